The van der Waals surface area contributed by atoms with Crippen LogP contribution < -0.4 is 0 Å². The van der Waals surface area contributed by atoms with Gasteiger partial charge in [-0.05, 0) is 31.7 Å². The van der Waals surface area contributed by atoms with Crippen molar-refractivity contribution < 1.29 is 9.32 Å². The van der Waals surface area contributed by atoms with Crippen molar-refractivity contribution in [1.29, 1.82) is 0 Å². The molecule has 1 aliphatic rings. The number of nitrogens with zero attached hydrogens (tertiary/aromatic N) is 4. The summed E-state index contributed by atoms with van der Waals surface area (Å²) in [6.45, 7) is 11.8. The Morgan fingerprint density at radius 3 is 2.45 bits per heavy atom. The number of aryl methyl sites for hydroxylation is 1. The number of carbonyl (C=O) groups is 1. The van der Waals surface area contributed by atoms with Crippen LogP contribution in [0.2, 0.25) is 0 Å². The van der Waals surface area contributed by atoms with Crippen LogP contribution in [-0.2, 0) is 10.2 Å². The first kappa shape index (κ1) is 23.1. The maximum atomic E-state index is 13.3. The van der Waals surface area contributed by atoms with Crippen molar-refractivity contribution in [3.63, 3.8) is 0 Å². The number of carbonyl (C=O) groups excluding carboxylic acids is 1. The number of benzene rings is 1. The Balaban J connectivity index is 1.56. The zero-order valence-electron chi connectivity index (χ0n) is 20.3. The van der Waals surface area contributed by atoms with Gasteiger partial charge in [-0.3, -0.25) is 4.79 Å². The Hall–Kier alpha value is -3.02. The summed E-state index contributed by atoms with van der Waals surface area (Å²) in [7, 11) is 0. The zero-order valence-corrected chi connectivity index (χ0v) is 20.3. The van der Waals surface area contributed by atoms with E-state index in [1.807, 2.05) is 42.3 Å². The lowest BCUT2D eigenvalue weighted by Gasteiger charge is -2.34. The molecule has 174 valence electrons. The van der Waals surface area contributed by atoms with Crippen LogP contribution >= 0.6 is 0 Å². The van der Waals surface area contributed by atoms with Crippen molar-refractivity contribution in [2.75, 3.05) is 13.1 Å². The molecule has 3 aromatic rings. The standard InChI is InChI=1S/C27H34N4O2/c1-6-21(19-10-8-7-9-11-19)25(32)31-14-12-20(13-15-31)24-22(23-16-18(2)30-33-23)17-28-26(29-24)27(3,4)5/h7-11,16-17,20-21H,6,12-15H2,1-5H3. The molecule has 3 heterocycles. The number of likely N-dealkylation sites (tertiary alicyclic amines) is 1. The maximum absolute atomic E-state index is 13.3. The predicted molar refractivity (Wildman–Crippen MR) is 129 cm³/mol. The fraction of sp³-hybridized carbons (Fsp3) is 0.481. The summed E-state index contributed by atoms with van der Waals surface area (Å²) in [5.74, 6) is 1.92. The highest BCUT2D eigenvalue weighted by atomic mass is 16.5. The summed E-state index contributed by atoms with van der Waals surface area (Å²) < 4.78 is 5.57. The van der Waals surface area contributed by atoms with E-state index in [2.05, 4.69) is 50.0 Å². The van der Waals surface area contributed by atoms with Gasteiger partial charge in [0.15, 0.2) is 5.76 Å². The normalized spacial score (nSPS) is 16.1. The summed E-state index contributed by atoms with van der Waals surface area (Å²) in [5.41, 5.74) is 3.70. The van der Waals surface area contributed by atoms with Gasteiger partial charge < -0.3 is 9.42 Å². The third-order valence-corrected chi connectivity index (χ3v) is 6.48. The van der Waals surface area contributed by atoms with Gasteiger partial charge in [0.25, 0.3) is 0 Å². The molecule has 1 aromatic carbocycles. The molecule has 1 fully saturated rings. The van der Waals surface area contributed by atoms with Crippen molar-refractivity contribution in [2.45, 2.75) is 71.1 Å². The Kier molecular flexibility index (Phi) is 6.63. The van der Waals surface area contributed by atoms with E-state index in [1.54, 1.807) is 0 Å². The molecule has 1 saturated heterocycles. The number of hydrogen-bond acceptors (Lipinski definition) is 5. The summed E-state index contributed by atoms with van der Waals surface area (Å²) in [4.78, 5) is 25.0. The summed E-state index contributed by atoms with van der Waals surface area (Å²) in [5, 5.41) is 4.06. The largest absolute Gasteiger partial charge is 0.356 e. The predicted octanol–water partition coefficient (Wildman–Crippen LogP) is 5.64. The van der Waals surface area contributed by atoms with Crippen molar-refractivity contribution in [1.82, 2.24) is 20.0 Å². The minimum absolute atomic E-state index is 0.0815. The topological polar surface area (TPSA) is 72.1 Å². The Morgan fingerprint density at radius 1 is 1.18 bits per heavy atom. The van der Waals surface area contributed by atoms with Crippen LogP contribution in [0.5, 0.6) is 0 Å². The van der Waals surface area contributed by atoms with E-state index in [0.717, 1.165) is 60.7 Å². The van der Waals surface area contributed by atoms with E-state index in [-0.39, 0.29) is 23.2 Å². The summed E-state index contributed by atoms with van der Waals surface area (Å²) >= 11 is 0. The van der Waals surface area contributed by atoms with E-state index in [0.29, 0.717) is 5.76 Å². The molecule has 0 aliphatic carbocycles. The van der Waals surface area contributed by atoms with Gasteiger partial charge in [0.05, 0.1) is 22.9 Å². The van der Waals surface area contributed by atoms with E-state index < -0.39 is 0 Å². The van der Waals surface area contributed by atoms with E-state index in [1.165, 1.54) is 0 Å². The van der Waals surface area contributed by atoms with Crippen molar-refractivity contribution in [3.8, 4) is 11.3 Å². The lowest BCUT2D eigenvalue weighted by molar-refractivity contribution is -0.134. The molecule has 0 bridgehead atoms. The molecule has 0 spiro atoms. The number of amides is 1. The molecular formula is C27H34N4O2. The van der Waals surface area contributed by atoms with E-state index in [9.17, 15) is 4.79 Å². The molecular weight excluding hydrogens is 412 g/mol. The van der Waals surface area contributed by atoms with Gasteiger partial charge in [0.2, 0.25) is 5.91 Å². The number of piperidine rings is 1. The number of hydrogen-bond donors (Lipinski definition) is 0. The SMILES string of the molecule is CCC(C(=O)N1CCC(c2nc(C(C)(C)C)ncc2-c2cc(C)no2)CC1)c1ccccc1. The minimum Gasteiger partial charge on any atom is -0.356 e. The van der Waals surface area contributed by atoms with Crippen molar-refractivity contribution >= 4 is 5.91 Å². The van der Waals surface area contributed by atoms with Crippen LogP contribution in [0.1, 0.15) is 81.6 Å². The first-order chi connectivity index (χ1) is 15.8. The van der Waals surface area contributed by atoms with Gasteiger partial charge in [-0.1, -0.05) is 63.2 Å². The van der Waals surface area contributed by atoms with Crippen LogP contribution in [0, 0.1) is 6.92 Å². The summed E-state index contributed by atoms with van der Waals surface area (Å²) in [6, 6.07) is 12.0. The first-order valence-electron chi connectivity index (χ1n) is 11.9. The fourth-order valence-corrected chi connectivity index (χ4v) is 4.58. The van der Waals surface area contributed by atoms with Gasteiger partial charge >= 0.3 is 0 Å². The Morgan fingerprint density at radius 2 is 1.88 bits per heavy atom. The lowest BCUT2D eigenvalue weighted by atomic mass is 9.87. The lowest BCUT2D eigenvalue weighted by Crippen LogP contribution is -2.40. The Bertz CT molecular complexity index is 1090. The molecule has 6 heteroatoms. The van der Waals surface area contributed by atoms with E-state index >= 15 is 0 Å². The summed E-state index contributed by atoms with van der Waals surface area (Å²) in [6.07, 6.45) is 4.43. The third kappa shape index (κ3) is 5.00. The average molecular weight is 447 g/mol. The van der Waals surface area contributed by atoms with E-state index in [4.69, 9.17) is 9.51 Å². The highest BCUT2D eigenvalue weighted by Gasteiger charge is 2.32. The maximum Gasteiger partial charge on any atom is 0.230 e. The molecule has 0 N–H and O–H groups in total. The molecule has 0 saturated carbocycles. The third-order valence-electron chi connectivity index (χ3n) is 6.48. The minimum atomic E-state index is -0.148. The quantitative estimate of drug-likeness (QED) is 0.507. The number of rotatable bonds is 5. The zero-order chi connectivity index (χ0) is 23.6. The second-order valence-electron chi connectivity index (χ2n) is 10.0. The molecule has 1 atom stereocenters. The molecule has 1 aliphatic heterocycles. The van der Waals surface area contributed by atoms with Crippen LogP contribution in [0.3, 0.4) is 0 Å². The second kappa shape index (κ2) is 9.46. The highest BCUT2D eigenvalue weighted by Crippen LogP contribution is 2.36. The highest BCUT2D eigenvalue weighted by molar-refractivity contribution is 5.83. The molecule has 33 heavy (non-hydrogen) atoms. The first-order valence-corrected chi connectivity index (χ1v) is 11.9. The average Bonchev–Trinajstić information content (AvgIpc) is 3.25. The molecule has 0 radical (unpaired) electrons. The Labute approximate surface area is 196 Å². The molecule has 2 aromatic heterocycles. The van der Waals surface area contributed by atoms with Gasteiger partial charge in [0, 0.05) is 36.7 Å². The molecule has 4 rings (SSSR count). The second-order valence-corrected chi connectivity index (χ2v) is 10.0. The van der Waals surface area contributed by atoms with Crippen LogP contribution in [0.25, 0.3) is 11.3 Å². The van der Waals surface area contributed by atoms with Gasteiger partial charge in [-0.25, -0.2) is 9.97 Å². The molecule has 1 amide bonds. The van der Waals surface area contributed by atoms with Crippen molar-refractivity contribution in [2.24, 2.45) is 0 Å². The van der Waals surface area contributed by atoms with Gasteiger partial charge in [-0.15, -0.1) is 0 Å². The number of aromatic nitrogens is 3. The monoisotopic (exact) mass is 446 g/mol. The van der Waals surface area contributed by atoms with Crippen molar-refractivity contribution in [3.05, 3.63) is 65.4 Å². The van der Waals surface area contributed by atoms with Gasteiger partial charge in [-0.2, -0.15) is 0 Å². The molecule has 6 nitrogen and oxygen atoms in total. The fourth-order valence-electron chi connectivity index (χ4n) is 4.58. The van der Waals surface area contributed by atoms with Crippen LogP contribution in [-0.4, -0.2) is 39.0 Å². The van der Waals surface area contributed by atoms with Crippen LogP contribution in [0.4, 0.5) is 0 Å². The smallest absolute Gasteiger partial charge is 0.230 e. The van der Waals surface area contributed by atoms with Crippen LogP contribution in [0.15, 0.2) is 47.1 Å². The molecule has 1 unspecified atom stereocenters. The van der Waals surface area contributed by atoms with Gasteiger partial charge in [0.1, 0.15) is 5.82 Å².